The van der Waals surface area contributed by atoms with Gasteiger partial charge in [0.25, 0.3) is 0 Å². The van der Waals surface area contributed by atoms with Crippen LogP contribution in [0.2, 0.25) is 0 Å². The molecule has 1 heterocycles. The molecule has 4 N–H and O–H groups in total. The number of carbonyl (C=O) groups excluding carboxylic acids is 3. The molecule has 246 valence electrons. The van der Waals surface area contributed by atoms with E-state index >= 15 is 0 Å². The number of anilines is 2. The number of methoxy groups -OCH3 is 2. The highest BCUT2D eigenvalue weighted by Crippen LogP contribution is 2.41. The number of primary amides is 1. The highest BCUT2D eigenvalue weighted by molar-refractivity contribution is 7.92. The van der Waals surface area contributed by atoms with Crippen LogP contribution in [0, 0.1) is 0 Å². The molecule has 4 rings (SSSR count). The van der Waals surface area contributed by atoms with E-state index in [1.807, 2.05) is 0 Å². The highest BCUT2D eigenvalue weighted by atomic mass is 32.2. The van der Waals surface area contributed by atoms with Gasteiger partial charge in [0.1, 0.15) is 6.04 Å². The third-order valence-electron chi connectivity index (χ3n) is 7.94. The second-order valence-corrected chi connectivity index (χ2v) is 14.0. The van der Waals surface area contributed by atoms with E-state index in [9.17, 15) is 22.8 Å². The van der Waals surface area contributed by atoms with Gasteiger partial charge in [-0.25, -0.2) is 13.2 Å². The van der Waals surface area contributed by atoms with Gasteiger partial charge in [-0.15, -0.1) is 0 Å². The van der Waals surface area contributed by atoms with Gasteiger partial charge in [-0.2, -0.15) is 0 Å². The molecule has 13 heteroatoms. The molecule has 1 fully saturated rings. The summed E-state index contributed by atoms with van der Waals surface area (Å²) in [5, 5.41) is 5.34. The normalized spacial score (nSPS) is 15.3. The van der Waals surface area contributed by atoms with Gasteiger partial charge in [-0.1, -0.05) is 12.1 Å². The number of urea groups is 1. The Bertz CT molecular complexity index is 1720. The number of rotatable bonds is 11. The molecule has 0 spiro atoms. The van der Waals surface area contributed by atoms with Crippen molar-refractivity contribution in [3.8, 4) is 11.5 Å². The van der Waals surface area contributed by atoms with E-state index in [4.69, 9.17) is 15.2 Å². The Labute approximate surface area is 269 Å². The number of hydrogen-bond acceptors (Lipinski definition) is 8. The summed E-state index contributed by atoms with van der Waals surface area (Å²) < 4.78 is 38.1. The number of ether oxygens (including phenoxy) is 2. The summed E-state index contributed by atoms with van der Waals surface area (Å²) in [6, 6.07) is 14.4. The van der Waals surface area contributed by atoms with Gasteiger partial charge in [0.05, 0.1) is 30.4 Å². The van der Waals surface area contributed by atoms with Crippen molar-refractivity contribution in [1.29, 1.82) is 0 Å². The first-order valence-corrected chi connectivity index (χ1v) is 16.4. The van der Waals surface area contributed by atoms with E-state index < -0.39 is 33.1 Å². The van der Waals surface area contributed by atoms with Crippen LogP contribution < -0.4 is 25.8 Å². The van der Waals surface area contributed by atoms with Crippen LogP contribution in [-0.4, -0.2) is 76.2 Å². The molecular weight excluding hydrogens is 610 g/mol. The zero-order valence-electron chi connectivity index (χ0n) is 26.9. The fourth-order valence-corrected chi connectivity index (χ4v) is 6.69. The molecule has 12 nitrogen and oxygen atoms in total. The standard InChI is InChI=1S/C33H41N5O7S/c1-20(2)46(42,43)29-15-13-24(36-33(41)37(3)4)19-25(29)26-11-8-16-38(26)32(40)30(21-12-14-27(44-5)28(18-21)45-6)35-23-10-7-9-22(17-23)31(34)39/h7,9-10,12-15,17-20,26,30,35H,8,11,16H2,1-6H3,(H2,34,39)(H,36,41)/t26-,30+/m1/s1. The summed E-state index contributed by atoms with van der Waals surface area (Å²) >= 11 is 0. The van der Waals surface area contributed by atoms with Crippen LogP contribution in [0.15, 0.2) is 65.6 Å². The molecule has 0 aliphatic carbocycles. The van der Waals surface area contributed by atoms with Crippen LogP contribution >= 0.6 is 0 Å². The predicted octanol–water partition coefficient (Wildman–Crippen LogP) is 4.60. The molecule has 3 aromatic rings. The Morgan fingerprint density at radius 3 is 2.30 bits per heavy atom. The lowest BCUT2D eigenvalue weighted by Crippen LogP contribution is -2.38. The summed E-state index contributed by atoms with van der Waals surface area (Å²) in [7, 11) is 2.46. The van der Waals surface area contributed by atoms with Crippen molar-refractivity contribution in [2.45, 2.75) is 48.9 Å². The van der Waals surface area contributed by atoms with Gasteiger partial charge in [-0.05, 0) is 86.3 Å². The van der Waals surface area contributed by atoms with Crippen molar-refractivity contribution in [3.63, 3.8) is 0 Å². The van der Waals surface area contributed by atoms with Crippen molar-refractivity contribution in [2.24, 2.45) is 5.73 Å². The molecule has 0 radical (unpaired) electrons. The van der Waals surface area contributed by atoms with E-state index in [1.165, 1.54) is 25.2 Å². The minimum atomic E-state index is -3.76. The molecule has 4 amide bonds. The lowest BCUT2D eigenvalue weighted by atomic mass is 10.0. The van der Waals surface area contributed by atoms with Crippen LogP contribution in [0.4, 0.5) is 16.2 Å². The maximum atomic E-state index is 14.6. The third kappa shape index (κ3) is 7.20. The fraction of sp³-hybridized carbons (Fsp3) is 0.364. The van der Waals surface area contributed by atoms with Crippen LogP contribution in [0.3, 0.4) is 0 Å². The minimum absolute atomic E-state index is 0.111. The number of carbonyl (C=O) groups is 3. The van der Waals surface area contributed by atoms with Crippen LogP contribution in [0.5, 0.6) is 11.5 Å². The Kier molecular flexibility index (Phi) is 10.5. The molecule has 3 aromatic carbocycles. The Morgan fingerprint density at radius 1 is 0.957 bits per heavy atom. The van der Waals surface area contributed by atoms with Crippen molar-refractivity contribution >= 4 is 39.1 Å². The lowest BCUT2D eigenvalue weighted by Gasteiger charge is -2.32. The molecule has 1 aliphatic heterocycles. The van der Waals surface area contributed by atoms with E-state index in [0.717, 1.165) is 0 Å². The molecule has 0 unspecified atom stereocenters. The summed E-state index contributed by atoms with van der Waals surface area (Å²) in [5.41, 5.74) is 7.66. The lowest BCUT2D eigenvalue weighted by molar-refractivity contribution is -0.133. The first kappa shape index (κ1) is 34.1. The number of amides is 4. The second-order valence-electron chi connectivity index (χ2n) is 11.5. The molecule has 0 bridgehead atoms. The summed E-state index contributed by atoms with van der Waals surface area (Å²) in [4.78, 5) is 42.2. The average molecular weight is 652 g/mol. The van der Waals surface area contributed by atoms with Crippen molar-refractivity contribution in [1.82, 2.24) is 9.80 Å². The monoisotopic (exact) mass is 651 g/mol. The topological polar surface area (TPSA) is 160 Å². The van der Waals surface area contributed by atoms with E-state index in [2.05, 4.69) is 10.6 Å². The number of likely N-dealkylation sites (tertiary alicyclic amines) is 1. The Hall–Kier alpha value is -4.78. The van der Waals surface area contributed by atoms with Crippen LogP contribution in [0.1, 0.15) is 60.3 Å². The molecule has 2 atom stereocenters. The maximum Gasteiger partial charge on any atom is 0.321 e. The maximum absolute atomic E-state index is 14.6. The Morgan fingerprint density at radius 2 is 1.67 bits per heavy atom. The zero-order chi connectivity index (χ0) is 33.8. The van der Waals surface area contributed by atoms with Gasteiger partial charge < -0.3 is 35.6 Å². The fourth-order valence-electron chi connectivity index (χ4n) is 5.40. The Balaban J connectivity index is 1.82. The number of sulfone groups is 1. The first-order valence-electron chi connectivity index (χ1n) is 14.8. The summed E-state index contributed by atoms with van der Waals surface area (Å²) in [6.07, 6.45) is 1.13. The number of hydrogen-bond donors (Lipinski definition) is 3. The summed E-state index contributed by atoms with van der Waals surface area (Å²) in [6.45, 7) is 3.58. The van der Waals surface area contributed by atoms with Crippen LogP contribution in [0.25, 0.3) is 0 Å². The van der Waals surface area contributed by atoms with Gasteiger partial charge in [0.2, 0.25) is 11.8 Å². The van der Waals surface area contributed by atoms with Gasteiger partial charge in [-0.3, -0.25) is 9.59 Å². The molecule has 1 saturated heterocycles. The van der Waals surface area contributed by atoms with Gasteiger partial charge in [0.15, 0.2) is 21.3 Å². The molecule has 1 aliphatic rings. The van der Waals surface area contributed by atoms with Crippen molar-refractivity contribution in [2.75, 3.05) is 45.5 Å². The predicted molar refractivity (Wildman–Crippen MR) is 176 cm³/mol. The smallest absolute Gasteiger partial charge is 0.321 e. The van der Waals surface area contributed by atoms with E-state index in [-0.39, 0.29) is 22.4 Å². The van der Waals surface area contributed by atoms with E-state index in [1.54, 1.807) is 87.4 Å². The zero-order valence-corrected chi connectivity index (χ0v) is 27.7. The number of nitrogens with two attached hydrogens (primary N) is 1. The van der Waals surface area contributed by atoms with E-state index in [0.29, 0.717) is 53.4 Å². The molecule has 0 aromatic heterocycles. The largest absolute Gasteiger partial charge is 0.493 e. The minimum Gasteiger partial charge on any atom is -0.493 e. The first-order chi connectivity index (χ1) is 21.8. The molecule has 46 heavy (non-hydrogen) atoms. The van der Waals surface area contributed by atoms with Crippen molar-refractivity contribution < 1.29 is 32.3 Å². The number of nitrogens with one attached hydrogen (secondary N) is 2. The average Bonchev–Trinajstić information content (AvgIpc) is 3.53. The van der Waals surface area contributed by atoms with Gasteiger partial charge >= 0.3 is 6.03 Å². The third-order valence-corrected chi connectivity index (χ3v) is 10.2. The second kappa shape index (κ2) is 14.1. The highest BCUT2D eigenvalue weighted by Gasteiger charge is 2.38. The SMILES string of the molecule is COc1ccc([C@H](Nc2cccc(C(N)=O)c2)C(=O)N2CCC[C@@H]2c2cc(NC(=O)N(C)C)ccc2S(=O)(=O)C(C)C)cc1OC. The number of nitrogens with zero attached hydrogens (tertiary/aromatic N) is 2. The van der Waals surface area contributed by atoms with Crippen LogP contribution in [-0.2, 0) is 14.6 Å². The number of benzene rings is 3. The molecular formula is C33H41N5O7S. The van der Waals surface area contributed by atoms with Gasteiger partial charge in [0, 0.05) is 37.6 Å². The quantitative estimate of drug-likeness (QED) is 0.271. The summed E-state index contributed by atoms with van der Waals surface area (Å²) in [5.74, 6) is -0.0438. The molecule has 0 saturated carbocycles. The van der Waals surface area contributed by atoms with Crippen molar-refractivity contribution in [3.05, 3.63) is 77.4 Å².